The molecule has 1 fully saturated rings. The Hall–Kier alpha value is -0.720. The van der Waals surface area contributed by atoms with Crippen molar-refractivity contribution in [3.8, 4) is 0 Å². The van der Waals surface area contributed by atoms with E-state index < -0.39 is 13.8 Å². The Labute approximate surface area is 128 Å². The third-order valence-corrected chi connectivity index (χ3v) is 4.34. The van der Waals surface area contributed by atoms with Crippen LogP contribution in [0.3, 0.4) is 0 Å². The zero-order valence-corrected chi connectivity index (χ0v) is 13.3. The summed E-state index contributed by atoms with van der Waals surface area (Å²) in [6.07, 6.45) is 3.65. The summed E-state index contributed by atoms with van der Waals surface area (Å²) in [4.78, 5) is 25.9. The van der Waals surface area contributed by atoms with Gasteiger partial charge >= 0.3 is 7.60 Å². The summed E-state index contributed by atoms with van der Waals surface area (Å²) < 4.78 is 16.3. The van der Waals surface area contributed by atoms with Gasteiger partial charge in [-0.25, -0.2) is 9.97 Å². The summed E-state index contributed by atoms with van der Waals surface area (Å²) in [7, 11) is -2.49. The number of nitrogens with zero attached hydrogens (tertiary/aromatic N) is 2. The van der Waals surface area contributed by atoms with E-state index in [-0.39, 0.29) is 17.0 Å². The number of hydrogen-bond acceptors (Lipinski definition) is 5. The Kier molecular flexibility index (Phi) is 5.57. The number of ether oxygens (including phenoxy) is 1. The van der Waals surface area contributed by atoms with Crippen LogP contribution in [0.15, 0.2) is 6.07 Å². The molecule has 0 atom stereocenters. The second-order valence-corrected chi connectivity index (χ2v) is 7.20. The molecule has 0 saturated heterocycles. The van der Waals surface area contributed by atoms with Crippen LogP contribution in [-0.4, -0.2) is 39.0 Å². The van der Waals surface area contributed by atoms with Crippen LogP contribution in [0.2, 0.25) is 5.15 Å². The van der Waals surface area contributed by atoms with Gasteiger partial charge in [-0.1, -0.05) is 11.6 Å². The van der Waals surface area contributed by atoms with Crippen LogP contribution in [0.25, 0.3) is 0 Å². The van der Waals surface area contributed by atoms with Gasteiger partial charge in [0.2, 0.25) is 0 Å². The van der Waals surface area contributed by atoms with E-state index in [1.165, 1.54) is 0 Å². The van der Waals surface area contributed by atoms with Crippen molar-refractivity contribution in [3.05, 3.63) is 17.0 Å². The first kappa shape index (κ1) is 16.6. The Morgan fingerprint density at radius 2 is 2.05 bits per heavy atom. The van der Waals surface area contributed by atoms with Crippen LogP contribution in [-0.2, 0) is 15.5 Å². The zero-order valence-electron chi connectivity index (χ0n) is 11.7. The standard InChI is InChI=1S/C12H19ClN3O4P/c1-20-9-4-2-8(3-5-9)14-11-6-10(13)15-12(16-11)7-21(17,18)19/h6,8-9H,2-5,7H2,1H3,(H,14,15,16)(H2,17,18,19). The van der Waals surface area contributed by atoms with Crippen molar-refractivity contribution in [3.63, 3.8) is 0 Å². The average molecular weight is 336 g/mol. The van der Waals surface area contributed by atoms with E-state index in [0.29, 0.717) is 11.9 Å². The smallest absolute Gasteiger partial charge is 0.333 e. The number of methoxy groups -OCH3 is 1. The summed E-state index contributed by atoms with van der Waals surface area (Å²) in [5, 5.41) is 3.42. The van der Waals surface area contributed by atoms with E-state index in [0.717, 1.165) is 25.7 Å². The van der Waals surface area contributed by atoms with Crippen LogP contribution in [0.4, 0.5) is 5.82 Å². The van der Waals surface area contributed by atoms with Crippen LogP contribution in [0.1, 0.15) is 31.5 Å². The lowest BCUT2D eigenvalue weighted by Crippen LogP contribution is -2.29. The Morgan fingerprint density at radius 3 is 2.62 bits per heavy atom. The first-order valence-electron chi connectivity index (χ1n) is 6.73. The number of aromatic nitrogens is 2. The molecule has 3 N–H and O–H groups in total. The van der Waals surface area contributed by atoms with Crippen molar-refractivity contribution in [1.29, 1.82) is 0 Å². The summed E-state index contributed by atoms with van der Waals surface area (Å²) in [6.45, 7) is 0. The van der Waals surface area contributed by atoms with Gasteiger partial charge in [0, 0.05) is 19.2 Å². The van der Waals surface area contributed by atoms with Gasteiger partial charge in [-0.15, -0.1) is 0 Å². The SMILES string of the molecule is COC1CCC(Nc2cc(Cl)nc(CP(=O)(O)O)n2)CC1. The monoisotopic (exact) mass is 335 g/mol. The van der Waals surface area contributed by atoms with Crippen LogP contribution in [0.5, 0.6) is 0 Å². The van der Waals surface area contributed by atoms with Gasteiger partial charge in [0.05, 0.1) is 6.10 Å². The van der Waals surface area contributed by atoms with Crippen LogP contribution < -0.4 is 5.32 Å². The molecule has 1 aliphatic carbocycles. The molecule has 1 aromatic rings. The molecule has 0 unspecified atom stereocenters. The Morgan fingerprint density at radius 1 is 1.38 bits per heavy atom. The largest absolute Gasteiger partial charge is 0.381 e. The van der Waals surface area contributed by atoms with Crippen molar-refractivity contribution in [2.75, 3.05) is 12.4 Å². The molecule has 7 nitrogen and oxygen atoms in total. The summed E-state index contributed by atoms with van der Waals surface area (Å²) in [5.41, 5.74) is 0. The quantitative estimate of drug-likeness (QED) is 0.559. The molecule has 21 heavy (non-hydrogen) atoms. The normalized spacial score (nSPS) is 23.0. The lowest BCUT2D eigenvalue weighted by Gasteiger charge is -2.28. The molecule has 1 heterocycles. The van der Waals surface area contributed by atoms with Crippen LogP contribution in [0, 0.1) is 0 Å². The minimum absolute atomic E-state index is 0.0453. The minimum atomic E-state index is -4.21. The highest BCUT2D eigenvalue weighted by molar-refractivity contribution is 7.50. The van der Waals surface area contributed by atoms with Gasteiger partial charge < -0.3 is 19.8 Å². The molecule has 1 saturated carbocycles. The predicted octanol–water partition coefficient (Wildman–Crippen LogP) is 2.18. The Bertz CT molecular complexity index is 531. The van der Waals surface area contributed by atoms with Crippen molar-refractivity contribution in [2.24, 2.45) is 0 Å². The molecule has 0 aliphatic heterocycles. The molecule has 1 aliphatic rings. The van der Waals surface area contributed by atoms with E-state index in [1.807, 2.05) is 0 Å². The highest BCUT2D eigenvalue weighted by atomic mass is 35.5. The fourth-order valence-corrected chi connectivity index (χ4v) is 3.16. The summed E-state index contributed by atoms with van der Waals surface area (Å²) >= 11 is 5.88. The van der Waals surface area contributed by atoms with E-state index in [2.05, 4.69) is 15.3 Å². The molecule has 0 bridgehead atoms. The molecular weight excluding hydrogens is 317 g/mol. The van der Waals surface area contributed by atoms with E-state index in [1.54, 1.807) is 13.2 Å². The second kappa shape index (κ2) is 7.03. The van der Waals surface area contributed by atoms with Gasteiger partial charge in [-0.05, 0) is 25.7 Å². The first-order chi connectivity index (χ1) is 9.85. The molecule has 2 rings (SSSR count). The Balaban J connectivity index is 2.02. The topological polar surface area (TPSA) is 105 Å². The number of rotatable bonds is 5. The third-order valence-electron chi connectivity index (χ3n) is 3.45. The summed E-state index contributed by atoms with van der Waals surface area (Å²) in [6, 6.07) is 1.82. The minimum Gasteiger partial charge on any atom is -0.381 e. The lowest BCUT2D eigenvalue weighted by atomic mass is 9.93. The van der Waals surface area contributed by atoms with Gasteiger partial charge in [0.15, 0.2) is 0 Å². The highest BCUT2D eigenvalue weighted by Gasteiger charge is 2.22. The maximum atomic E-state index is 11.0. The number of halogens is 1. The van der Waals surface area contributed by atoms with Crippen molar-refractivity contribution >= 4 is 25.0 Å². The highest BCUT2D eigenvalue weighted by Crippen LogP contribution is 2.38. The maximum absolute atomic E-state index is 11.0. The molecule has 0 radical (unpaired) electrons. The molecule has 0 amide bonds. The molecule has 118 valence electrons. The van der Waals surface area contributed by atoms with Gasteiger partial charge in [0.1, 0.15) is 23.0 Å². The molecule has 1 aromatic heterocycles. The van der Waals surface area contributed by atoms with E-state index >= 15 is 0 Å². The lowest BCUT2D eigenvalue weighted by molar-refractivity contribution is 0.0681. The third kappa shape index (κ3) is 5.52. The molecule has 0 aromatic carbocycles. The fraction of sp³-hybridized carbons (Fsp3) is 0.667. The van der Waals surface area contributed by atoms with Gasteiger partial charge in [0.25, 0.3) is 0 Å². The van der Waals surface area contributed by atoms with E-state index in [9.17, 15) is 4.57 Å². The van der Waals surface area contributed by atoms with Crippen molar-refractivity contribution in [1.82, 2.24) is 9.97 Å². The van der Waals surface area contributed by atoms with Crippen LogP contribution >= 0.6 is 19.2 Å². The fourth-order valence-electron chi connectivity index (χ4n) is 2.45. The second-order valence-electron chi connectivity index (χ2n) is 5.17. The van der Waals surface area contributed by atoms with Crippen molar-refractivity contribution in [2.45, 2.75) is 44.0 Å². The maximum Gasteiger partial charge on any atom is 0.333 e. The van der Waals surface area contributed by atoms with Crippen molar-refractivity contribution < 1.29 is 19.1 Å². The molecule has 0 spiro atoms. The van der Waals surface area contributed by atoms with E-state index in [4.69, 9.17) is 26.1 Å². The predicted molar refractivity (Wildman–Crippen MR) is 79.5 cm³/mol. The molecular formula is C12H19ClN3O4P. The first-order valence-corrected chi connectivity index (χ1v) is 8.90. The number of hydrogen-bond donors (Lipinski definition) is 3. The average Bonchev–Trinajstić information content (AvgIpc) is 2.36. The number of anilines is 1. The van der Waals surface area contributed by atoms with Gasteiger partial charge in [-0.2, -0.15) is 0 Å². The zero-order chi connectivity index (χ0) is 15.5. The molecule has 9 heteroatoms. The van der Waals surface area contributed by atoms with Gasteiger partial charge in [-0.3, -0.25) is 4.57 Å². The number of nitrogens with one attached hydrogen (secondary N) is 1. The summed E-state index contributed by atoms with van der Waals surface area (Å²) in [5.74, 6) is 0.545.